The fourth-order valence-electron chi connectivity index (χ4n) is 3.67. The van der Waals surface area contributed by atoms with E-state index < -0.39 is 16.8 Å². The first-order valence-electron chi connectivity index (χ1n) is 9.40. The van der Waals surface area contributed by atoms with Crippen molar-refractivity contribution in [2.45, 2.75) is 36.6 Å². The highest BCUT2D eigenvalue weighted by atomic mass is 32.2. The zero-order valence-electron chi connectivity index (χ0n) is 16.2. The molecule has 4 rings (SSSR count). The molecule has 5 nitrogen and oxygen atoms in total. The molecular weight excluding hydrogens is 386 g/mol. The number of benzene rings is 2. The van der Waals surface area contributed by atoms with Crippen molar-refractivity contribution < 1.29 is 19.1 Å². The third-order valence-electron chi connectivity index (χ3n) is 5.14. The Bertz CT molecular complexity index is 984. The van der Waals surface area contributed by atoms with Crippen molar-refractivity contribution in [1.82, 2.24) is 4.90 Å². The maximum Gasteiger partial charge on any atom is 0.330 e. The number of β-lactam (4-membered cyclic amide) rings is 1. The number of carbonyl (C=O) groups excluding carboxylic acids is 3. The zero-order valence-corrected chi connectivity index (χ0v) is 17.0. The molecular formula is C23H21NO4S. The second-order valence-electron chi connectivity index (χ2n) is 7.61. The number of nitrogens with zero attached hydrogens (tertiary/aromatic N) is 1. The summed E-state index contributed by atoms with van der Waals surface area (Å²) in [4.78, 5) is 39.6. The second-order valence-corrected chi connectivity index (χ2v) is 9.35. The van der Waals surface area contributed by atoms with Gasteiger partial charge in [-0.2, -0.15) is 0 Å². The first-order chi connectivity index (χ1) is 13.9. The summed E-state index contributed by atoms with van der Waals surface area (Å²) in [5.41, 5.74) is 1.87. The average Bonchev–Trinajstić information content (AvgIpc) is 2.99. The lowest BCUT2D eigenvalue weighted by Gasteiger charge is -2.39. The molecule has 2 saturated heterocycles. The number of allylic oxidation sites excluding steroid dienone is 1. The summed E-state index contributed by atoms with van der Waals surface area (Å²) in [6.45, 7) is 4.02. The van der Waals surface area contributed by atoms with E-state index in [0.29, 0.717) is 11.1 Å². The molecule has 2 aliphatic rings. The minimum absolute atomic E-state index is 0.165. The summed E-state index contributed by atoms with van der Waals surface area (Å²) < 4.78 is 4.99. The highest BCUT2D eigenvalue weighted by molar-refractivity contribution is 8.01. The van der Waals surface area contributed by atoms with Crippen LogP contribution in [-0.2, 0) is 20.9 Å². The summed E-state index contributed by atoms with van der Waals surface area (Å²) in [5.74, 6) is -0.906. The molecule has 0 bridgehead atoms. The van der Waals surface area contributed by atoms with E-state index >= 15 is 0 Å². The molecule has 6 heteroatoms. The van der Waals surface area contributed by atoms with Crippen molar-refractivity contribution in [3.05, 3.63) is 83.4 Å². The summed E-state index contributed by atoms with van der Waals surface area (Å²) in [7, 11) is 0. The smallest absolute Gasteiger partial charge is 0.330 e. The van der Waals surface area contributed by atoms with Crippen molar-refractivity contribution in [3.63, 3.8) is 0 Å². The molecule has 2 heterocycles. The Hall–Kier alpha value is -2.86. The quantitative estimate of drug-likeness (QED) is 0.328. The molecule has 0 saturated carbocycles. The number of hydrogen-bond acceptors (Lipinski definition) is 5. The lowest BCUT2D eigenvalue weighted by molar-refractivity contribution is -0.158. The third kappa shape index (κ3) is 3.60. The Morgan fingerprint density at radius 2 is 1.69 bits per heavy atom. The van der Waals surface area contributed by atoms with Crippen molar-refractivity contribution in [1.29, 1.82) is 0 Å². The highest BCUT2D eigenvalue weighted by Gasteiger charge is 2.61. The van der Waals surface area contributed by atoms with Crippen molar-refractivity contribution in [2.24, 2.45) is 0 Å². The summed E-state index contributed by atoms with van der Waals surface area (Å²) in [5, 5.41) is -0.306. The largest absolute Gasteiger partial charge is 0.459 e. The van der Waals surface area contributed by atoms with E-state index in [1.165, 1.54) is 17.8 Å². The lowest BCUT2D eigenvalue weighted by Crippen LogP contribution is -2.59. The van der Waals surface area contributed by atoms with Crippen molar-refractivity contribution >= 4 is 29.4 Å². The molecule has 0 N–H and O–H groups in total. The summed E-state index contributed by atoms with van der Waals surface area (Å²) >= 11 is 1.51. The molecule has 29 heavy (non-hydrogen) atoms. The average molecular weight is 407 g/mol. The van der Waals surface area contributed by atoms with Crippen LogP contribution in [0.2, 0.25) is 0 Å². The van der Waals surface area contributed by atoms with Crippen LogP contribution in [0.25, 0.3) is 0 Å². The van der Waals surface area contributed by atoms with Gasteiger partial charge in [0.25, 0.3) is 5.91 Å². The number of ketones is 1. The van der Waals surface area contributed by atoms with Crippen LogP contribution >= 0.6 is 11.8 Å². The summed E-state index contributed by atoms with van der Waals surface area (Å²) in [6, 6.07) is 17.6. The first kappa shape index (κ1) is 19.5. The van der Waals surface area contributed by atoms with Gasteiger partial charge in [-0.1, -0.05) is 60.7 Å². The fraction of sp³-hybridized carbons (Fsp3) is 0.261. The molecule has 148 valence electrons. The van der Waals surface area contributed by atoms with Gasteiger partial charge in [-0.25, -0.2) is 4.79 Å². The van der Waals surface area contributed by atoms with Gasteiger partial charge in [-0.3, -0.25) is 9.59 Å². The monoisotopic (exact) mass is 407 g/mol. The number of fused-ring (bicyclic) bond motifs is 1. The van der Waals surface area contributed by atoms with Gasteiger partial charge in [0.2, 0.25) is 0 Å². The van der Waals surface area contributed by atoms with Crippen LogP contribution in [0.4, 0.5) is 0 Å². The number of rotatable bonds is 5. The molecule has 0 aliphatic carbocycles. The van der Waals surface area contributed by atoms with E-state index in [-0.39, 0.29) is 23.7 Å². The van der Waals surface area contributed by atoms with E-state index in [0.717, 1.165) is 5.56 Å². The van der Waals surface area contributed by atoms with Gasteiger partial charge >= 0.3 is 5.97 Å². The van der Waals surface area contributed by atoms with Gasteiger partial charge in [0.15, 0.2) is 5.78 Å². The SMILES string of the molecule is CC1(C)S[C@@H]2/C(=C\C(=O)c3ccccc3)C(=O)N2[C@H]1C(=O)OCc1ccccc1. The number of carbonyl (C=O) groups is 3. The third-order valence-corrected chi connectivity index (χ3v) is 6.68. The molecule has 2 atom stereocenters. The van der Waals surface area contributed by atoms with E-state index in [1.807, 2.05) is 50.2 Å². The van der Waals surface area contributed by atoms with Crippen LogP contribution in [0.3, 0.4) is 0 Å². The van der Waals surface area contributed by atoms with E-state index in [2.05, 4.69) is 0 Å². The molecule has 2 aromatic carbocycles. The predicted molar refractivity (Wildman–Crippen MR) is 111 cm³/mol. The van der Waals surface area contributed by atoms with Gasteiger partial charge in [0, 0.05) is 10.3 Å². The lowest BCUT2D eigenvalue weighted by atomic mass is 9.94. The zero-order chi connectivity index (χ0) is 20.6. The molecule has 0 aromatic heterocycles. The fourth-order valence-corrected chi connectivity index (χ4v) is 5.21. The number of ether oxygens (including phenoxy) is 1. The van der Waals surface area contributed by atoms with Crippen molar-refractivity contribution in [2.75, 3.05) is 0 Å². The number of thioether (sulfide) groups is 1. The van der Waals surface area contributed by atoms with Crippen LogP contribution in [0, 0.1) is 0 Å². The highest BCUT2D eigenvalue weighted by Crippen LogP contribution is 2.53. The van der Waals surface area contributed by atoms with E-state index in [1.54, 1.807) is 29.2 Å². The normalized spacial score (nSPS) is 23.4. The Balaban J connectivity index is 1.49. The number of hydrogen-bond donors (Lipinski definition) is 0. The van der Waals surface area contributed by atoms with Gasteiger partial charge in [0.1, 0.15) is 18.0 Å². The molecule has 1 amide bonds. The van der Waals surface area contributed by atoms with Crippen LogP contribution in [-0.4, -0.2) is 38.7 Å². The molecule has 0 spiro atoms. The Morgan fingerprint density at radius 1 is 1.07 bits per heavy atom. The molecule has 2 fully saturated rings. The summed E-state index contributed by atoms with van der Waals surface area (Å²) in [6.07, 6.45) is 1.40. The van der Waals surface area contributed by atoms with E-state index in [9.17, 15) is 14.4 Å². The topological polar surface area (TPSA) is 63.7 Å². The maximum absolute atomic E-state index is 12.8. The van der Waals surface area contributed by atoms with Crippen LogP contribution in [0.5, 0.6) is 0 Å². The molecule has 0 radical (unpaired) electrons. The predicted octanol–water partition coefficient (Wildman–Crippen LogP) is 3.60. The number of esters is 1. The molecule has 0 unspecified atom stereocenters. The minimum atomic E-state index is -0.683. The molecule has 2 aromatic rings. The first-order valence-corrected chi connectivity index (χ1v) is 10.3. The van der Waals surface area contributed by atoms with Crippen LogP contribution < -0.4 is 0 Å². The van der Waals surface area contributed by atoms with Gasteiger partial charge in [-0.15, -0.1) is 11.8 Å². The maximum atomic E-state index is 12.8. The standard InChI is InChI=1S/C23H21NO4S/c1-23(2)19(22(27)28-14-15-9-5-3-6-10-15)24-20(26)17(21(24)29-23)13-18(25)16-11-7-4-8-12-16/h3-13,19,21H,14H2,1-2H3/b17-13-/t19-,21+/m0/s1. The molecule has 2 aliphatic heterocycles. The second kappa shape index (κ2) is 7.52. The Kier molecular flexibility index (Phi) is 5.04. The minimum Gasteiger partial charge on any atom is -0.459 e. The Morgan fingerprint density at radius 3 is 2.34 bits per heavy atom. The van der Waals surface area contributed by atoms with Gasteiger partial charge < -0.3 is 9.64 Å². The Labute approximate surface area is 173 Å². The van der Waals surface area contributed by atoms with Crippen molar-refractivity contribution in [3.8, 4) is 0 Å². The van der Waals surface area contributed by atoms with Gasteiger partial charge in [-0.05, 0) is 25.5 Å². The van der Waals surface area contributed by atoms with E-state index in [4.69, 9.17) is 4.74 Å². The van der Waals surface area contributed by atoms with Crippen LogP contribution in [0.15, 0.2) is 72.3 Å². The number of amides is 1. The van der Waals surface area contributed by atoms with Gasteiger partial charge in [0.05, 0.1) is 5.57 Å². The van der Waals surface area contributed by atoms with Crippen LogP contribution in [0.1, 0.15) is 29.8 Å².